The molecule has 0 amide bonds. The number of nitrogens with zero attached hydrogens (tertiary/aromatic N) is 2. The summed E-state index contributed by atoms with van der Waals surface area (Å²) in [7, 11) is 3.12. The van der Waals surface area contributed by atoms with Gasteiger partial charge in [-0.1, -0.05) is 13.0 Å². The van der Waals surface area contributed by atoms with Gasteiger partial charge in [-0.25, -0.2) is 4.98 Å². The van der Waals surface area contributed by atoms with E-state index in [2.05, 4.69) is 32.3 Å². The molecule has 1 heterocycles. The summed E-state index contributed by atoms with van der Waals surface area (Å²) < 4.78 is 34.6. The highest BCUT2D eigenvalue weighted by Gasteiger charge is 2.11. The van der Waals surface area contributed by atoms with Crippen LogP contribution in [0.5, 0.6) is 11.5 Å². The van der Waals surface area contributed by atoms with Crippen LogP contribution < -0.4 is 20.1 Å². The quantitative estimate of drug-likeness (QED) is 0.463. The summed E-state index contributed by atoms with van der Waals surface area (Å²) >= 11 is 1.73. The molecule has 1 aromatic heterocycles. The summed E-state index contributed by atoms with van der Waals surface area (Å²) in [5.74, 6) is 1.00. The number of rotatable bonds is 10. The van der Waals surface area contributed by atoms with Crippen LogP contribution in [0.4, 0.5) is 8.78 Å². The smallest absolute Gasteiger partial charge is 0.387 e. The number of methoxy groups -OCH3 is 1. The number of guanidine groups is 1. The number of aliphatic imine (C=N–C) groups is 1. The van der Waals surface area contributed by atoms with Gasteiger partial charge in [-0.2, -0.15) is 8.78 Å². The van der Waals surface area contributed by atoms with Crippen molar-refractivity contribution < 1.29 is 18.3 Å². The zero-order chi connectivity index (χ0) is 20.4. The maximum atomic E-state index is 12.5. The first kappa shape index (κ1) is 21.9. The van der Waals surface area contributed by atoms with Crippen molar-refractivity contribution in [3.8, 4) is 11.5 Å². The lowest BCUT2D eigenvalue weighted by Crippen LogP contribution is -2.39. The van der Waals surface area contributed by atoms with Crippen molar-refractivity contribution >= 4 is 17.3 Å². The number of ether oxygens (including phenoxy) is 2. The number of hydrogen-bond donors (Lipinski definition) is 2. The molecule has 2 rings (SSSR count). The molecular weight excluding hydrogens is 386 g/mol. The highest BCUT2D eigenvalue weighted by Crippen LogP contribution is 2.29. The van der Waals surface area contributed by atoms with Crippen LogP contribution in [0.15, 0.2) is 29.4 Å². The summed E-state index contributed by atoms with van der Waals surface area (Å²) in [4.78, 5) is 9.87. The molecule has 0 aliphatic heterocycles. The fraction of sp³-hybridized carbons (Fsp3) is 0.474. The van der Waals surface area contributed by atoms with Gasteiger partial charge in [0.2, 0.25) is 0 Å². The third-order valence-electron chi connectivity index (χ3n) is 3.96. The molecule has 154 valence electrons. The van der Waals surface area contributed by atoms with Crippen molar-refractivity contribution in [3.05, 3.63) is 39.8 Å². The maximum absolute atomic E-state index is 12.5. The number of benzene rings is 1. The van der Waals surface area contributed by atoms with Crippen LogP contribution in [0.3, 0.4) is 0 Å². The second-order valence-corrected chi connectivity index (χ2v) is 7.06. The van der Waals surface area contributed by atoms with Gasteiger partial charge < -0.3 is 20.1 Å². The van der Waals surface area contributed by atoms with Gasteiger partial charge in [0.25, 0.3) is 0 Å². The SMILES string of the molecule is CCc1cnc(CCNC(=NC)NCCc2ccc(OC)c(OC(F)F)c2)s1. The summed E-state index contributed by atoms with van der Waals surface area (Å²) in [5, 5.41) is 7.56. The van der Waals surface area contributed by atoms with Crippen LogP contribution >= 0.6 is 11.3 Å². The minimum absolute atomic E-state index is 0.0346. The van der Waals surface area contributed by atoms with Crippen molar-refractivity contribution in [1.82, 2.24) is 15.6 Å². The Morgan fingerprint density at radius 1 is 1.21 bits per heavy atom. The summed E-state index contributed by atoms with van der Waals surface area (Å²) in [5.41, 5.74) is 0.856. The van der Waals surface area contributed by atoms with Gasteiger partial charge in [-0.3, -0.25) is 4.99 Å². The molecule has 2 N–H and O–H groups in total. The molecule has 28 heavy (non-hydrogen) atoms. The first-order valence-corrected chi connectivity index (χ1v) is 9.87. The van der Waals surface area contributed by atoms with Crippen molar-refractivity contribution in [3.63, 3.8) is 0 Å². The number of hydrogen-bond acceptors (Lipinski definition) is 5. The Hall–Kier alpha value is -2.42. The topological polar surface area (TPSA) is 67.8 Å². The third kappa shape index (κ3) is 6.95. The van der Waals surface area contributed by atoms with E-state index in [0.717, 1.165) is 30.0 Å². The van der Waals surface area contributed by atoms with E-state index in [0.29, 0.717) is 18.9 Å². The highest BCUT2D eigenvalue weighted by molar-refractivity contribution is 7.11. The van der Waals surface area contributed by atoms with E-state index in [1.165, 1.54) is 12.0 Å². The highest BCUT2D eigenvalue weighted by atomic mass is 32.1. The molecule has 0 fully saturated rings. The fourth-order valence-electron chi connectivity index (χ4n) is 2.53. The molecule has 1 aromatic carbocycles. The largest absolute Gasteiger partial charge is 0.493 e. The van der Waals surface area contributed by atoms with Gasteiger partial charge in [0.15, 0.2) is 17.5 Å². The van der Waals surface area contributed by atoms with E-state index in [1.54, 1.807) is 30.5 Å². The van der Waals surface area contributed by atoms with E-state index < -0.39 is 6.61 Å². The Kier molecular flexibility index (Phi) is 8.93. The average Bonchev–Trinajstić information content (AvgIpc) is 3.14. The van der Waals surface area contributed by atoms with Gasteiger partial charge >= 0.3 is 6.61 Å². The molecule has 0 aliphatic carbocycles. The lowest BCUT2D eigenvalue weighted by molar-refractivity contribution is -0.0512. The van der Waals surface area contributed by atoms with Crippen molar-refractivity contribution in [2.75, 3.05) is 27.2 Å². The lowest BCUT2D eigenvalue weighted by atomic mass is 10.1. The first-order chi connectivity index (χ1) is 13.5. The van der Waals surface area contributed by atoms with Gasteiger partial charge in [-0.05, 0) is 30.5 Å². The molecule has 6 nitrogen and oxygen atoms in total. The molecular formula is C19H26F2N4O2S. The molecule has 0 saturated carbocycles. The molecule has 0 atom stereocenters. The fourth-order valence-corrected chi connectivity index (χ4v) is 3.39. The van der Waals surface area contributed by atoms with E-state index in [9.17, 15) is 8.78 Å². The van der Waals surface area contributed by atoms with Crippen LogP contribution in [0.25, 0.3) is 0 Å². The molecule has 0 bridgehead atoms. The number of halogens is 2. The predicted octanol–water partition coefficient (Wildman–Crippen LogP) is 3.27. The second-order valence-electron chi connectivity index (χ2n) is 5.86. The Morgan fingerprint density at radius 3 is 2.57 bits per heavy atom. The summed E-state index contributed by atoms with van der Waals surface area (Å²) in [6, 6.07) is 5.01. The van der Waals surface area contributed by atoms with Gasteiger partial charge in [0, 0.05) is 37.6 Å². The summed E-state index contributed by atoms with van der Waals surface area (Å²) in [6.07, 6.45) is 4.38. The molecule has 0 unspecified atom stereocenters. The average molecular weight is 413 g/mol. The summed E-state index contributed by atoms with van der Waals surface area (Å²) in [6.45, 7) is 0.548. The first-order valence-electron chi connectivity index (χ1n) is 9.05. The zero-order valence-electron chi connectivity index (χ0n) is 16.3. The number of alkyl halides is 2. The molecule has 9 heteroatoms. The van der Waals surface area contributed by atoms with Crippen LogP contribution in [-0.2, 0) is 19.3 Å². The maximum Gasteiger partial charge on any atom is 0.387 e. The molecule has 0 radical (unpaired) electrons. The molecule has 0 saturated heterocycles. The molecule has 2 aromatic rings. The third-order valence-corrected chi connectivity index (χ3v) is 5.16. The van der Waals surface area contributed by atoms with Crippen molar-refractivity contribution in [1.29, 1.82) is 0 Å². The van der Waals surface area contributed by atoms with E-state index >= 15 is 0 Å². The minimum atomic E-state index is -2.89. The molecule has 0 spiro atoms. The Balaban J connectivity index is 1.78. The zero-order valence-corrected chi connectivity index (χ0v) is 17.1. The number of nitrogens with one attached hydrogen (secondary N) is 2. The van der Waals surface area contributed by atoms with Crippen LogP contribution in [0.1, 0.15) is 22.4 Å². The van der Waals surface area contributed by atoms with E-state index in [4.69, 9.17) is 4.74 Å². The van der Waals surface area contributed by atoms with E-state index in [-0.39, 0.29) is 11.5 Å². The Bertz CT molecular complexity index is 768. The Morgan fingerprint density at radius 2 is 1.96 bits per heavy atom. The van der Waals surface area contributed by atoms with Gasteiger partial charge in [0.1, 0.15) is 0 Å². The standard InChI is InChI=1S/C19H26F2N4O2S/c1-4-14-12-25-17(28-14)8-10-24-19(22-2)23-9-7-13-5-6-15(26-3)16(11-13)27-18(20)21/h5-6,11-12,18H,4,7-10H2,1-3H3,(H2,22,23,24). The van der Waals surface area contributed by atoms with Crippen molar-refractivity contribution in [2.24, 2.45) is 4.99 Å². The lowest BCUT2D eigenvalue weighted by Gasteiger charge is -2.13. The monoisotopic (exact) mass is 412 g/mol. The normalized spacial score (nSPS) is 11.6. The van der Waals surface area contributed by atoms with Crippen LogP contribution in [-0.4, -0.2) is 44.8 Å². The molecule has 0 aliphatic rings. The second kappa shape index (κ2) is 11.4. The number of aryl methyl sites for hydroxylation is 1. The minimum Gasteiger partial charge on any atom is -0.493 e. The van der Waals surface area contributed by atoms with E-state index in [1.807, 2.05) is 12.3 Å². The van der Waals surface area contributed by atoms with Crippen LogP contribution in [0, 0.1) is 0 Å². The van der Waals surface area contributed by atoms with Gasteiger partial charge in [-0.15, -0.1) is 11.3 Å². The van der Waals surface area contributed by atoms with Crippen molar-refractivity contribution in [2.45, 2.75) is 32.8 Å². The number of aromatic nitrogens is 1. The van der Waals surface area contributed by atoms with Crippen LogP contribution in [0.2, 0.25) is 0 Å². The Labute approximate surface area is 168 Å². The van der Waals surface area contributed by atoms with Gasteiger partial charge in [0.05, 0.1) is 12.1 Å². The predicted molar refractivity (Wildman–Crippen MR) is 108 cm³/mol. The number of thiazole rings is 1.